The summed E-state index contributed by atoms with van der Waals surface area (Å²) in [5.41, 5.74) is 4.24. The van der Waals surface area contributed by atoms with Crippen LogP contribution in [0.25, 0.3) is 0 Å². The number of benzene rings is 2. The molecular weight excluding hydrogens is 376 g/mol. The Labute approximate surface area is 179 Å². The second kappa shape index (κ2) is 10.4. The van der Waals surface area contributed by atoms with Gasteiger partial charge in [0.05, 0.1) is 12.6 Å². The molecule has 3 rings (SSSR count). The van der Waals surface area contributed by atoms with E-state index in [9.17, 15) is 9.59 Å². The molecule has 1 heterocycles. The summed E-state index contributed by atoms with van der Waals surface area (Å²) in [6.07, 6.45) is 0. The molecule has 0 bridgehead atoms. The van der Waals surface area contributed by atoms with Gasteiger partial charge in [0, 0.05) is 38.4 Å². The number of hydrogen-bond acceptors (Lipinski definition) is 4. The zero-order valence-corrected chi connectivity index (χ0v) is 18.1. The molecule has 30 heavy (non-hydrogen) atoms. The van der Waals surface area contributed by atoms with Crippen LogP contribution in [0.3, 0.4) is 0 Å². The number of nitrogens with one attached hydrogen (secondary N) is 2. The van der Waals surface area contributed by atoms with Crippen LogP contribution in [0.2, 0.25) is 0 Å². The van der Waals surface area contributed by atoms with Crippen molar-refractivity contribution in [3.05, 3.63) is 65.2 Å². The van der Waals surface area contributed by atoms with Crippen molar-refractivity contribution in [2.24, 2.45) is 0 Å². The van der Waals surface area contributed by atoms with E-state index >= 15 is 0 Å². The Kier molecular flexibility index (Phi) is 7.60. The molecule has 2 aromatic carbocycles. The molecule has 160 valence electrons. The highest BCUT2D eigenvalue weighted by molar-refractivity contribution is 5.93. The fourth-order valence-electron chi connectivity index (χ4n) is 3.69. The van der Waals surface area contributed by atoms with Gasteiger partial charge < -0.3 is 10.6 Å². The lowest BCUT2D eigenvalue weighted by molar-refractivity contribution is -0.127. The number of rotatable bonds is 7. The first-order valence-electron chi connectivity index (χ1n) is 10.6. The first kappa shape index (κ1) is 22.0. The molecule has 2 N–H and O–H groups in total. The number of carbonyl (C=O) groups is 2. The van der Waals surface area contributed by atoms with Gasteiger partial charge in [0.1, 0.15) is 0 Å². The Hall–Kier alpha value is -2.70. The minimum absolute atomic E-state index is 0.00537. The maximum Gasteiger partial charge on any atom is 0.238 e. The third-order valence-electron chi connectivity index (χ3n) is 5.89. The number of piperazine rings is 1. The molecule has 1 aliphatic heterocycles. The maximum absolute atomic E-state index is 12.5. The SMILES string of the molecule is Cc1cccc(NC(=O)CN2CCN(C(C)C(=O)NCc3ccccc3)CC2)c1C. The molecule has 1 fully saturated rings. The lowest BCUT2D eigenvalue weighted by Crippen LogP contribution is -2.54. The number of carbonyl (C=O) groups excluding carboxylic acids is 2. The van der Waals surface area contributed by atoms with Gasteiger partial charge in [0.25, 0.3) is 0 Å². The van der Waals surface area contributed by atoms with Gasteiger partial charge in [0.2, 0.25) is 11.8 Å². The van der Waals surface area contributed by atoms with E-state index in [0.717, 1.165) is 43.0 Å². The largest absolute Gasteiger partial charge is 0.351 e. The zero-order valence-electron chi connectivity index (χ0n) is 18.1. The van der Waals surface area contributed by atoms with E-state index in [1.165, 1.54) is 5.56 Å². The van der Waals surface area contributed by atoms with Gasteiger partial charge >= 0.3 is 0 Å². The van der Waals surface area contributed by atoms with Gasteiger partial charge in [-0.25, -0.2) is 0 Å². The molecule has 6 heteroatoms. The average molecular weight is 409 g/mol. The van der Waals surface area contributed by atoms with Crippen molar-refractivity contribution in [1.82, 2.24) is 15.1 Å². The monoisotopic (exact) mass is 408 g/mol. The van der Waals surface area contributed by atoms with Crippen molar-refractivity contribution in [3.63, 3.8) is 0 Å². The zero-order chi connectivity index (χ0) is 21.5. The first-order chi connectivity index (χ1) is 14.4. The molecule has 1 atom stereocenters. The van der Waals surface area contributed by atoms with Crippen LogP contribution in [-0.4, -0.2) is 60.4 Å². The number of aryl methyl sites for hydroxylation is 1. The summed E-state index contributed by atoms with van der Waals surface area (Å²) < 4.78 is 0. The van der Waals surface area contributed by atoms with Gasteiger partial charge in [-0.1, -0.05) is 42.5 Å². The Morgan fingerprint density at radius 2 is 1.67 bits per heavy atom. The van der Waals surface area contributed by atoms with Crippen LogP contribution in [0, 0.1) is 13.8 Å². The van der Waals surface area contributed by atoms with E-state index in [4.69, 9.17) is 0 Å². The lowest BCUT2D eigenvalue weighted by atomic mass is 10.1. The normalized spacial score (nSPS) is 16.1. The van der Waals surface area contributed by atoms with Crippen LogP contribution in [0.15, 0.2) is 48.5 Å². The average Bonchev–Trinajstić information content (AvgIpc) is 2.76. The van der Waals surface area contributed by atoms with E-state index in [1.54, 1.807) is 0 Å². The summed E-state index contributed by atoms with van der Waals surface area (Å²) in [7, 11) is 0. The van der Waals surface area contributed by atoms with Crippen LogP contribution >= 0.6 is 0 Å². The molecule has 2 aromatic rings. The highest BCUT2D eigenvalue weighted by atomic mass is 16.2. The molecule has 2 amide bonds. The summed E-state index contributed by atoms with van der Waals surface area (Å²) in [6.45, 7) is 10.0. The van der Waals surface area contributed by atoms with Crippen LogP contribution in [0.5, 0.6) is 0 Å². The van der Waals surface area contributed by atoms with E-state index in [-0.39, 0.29) is 17.9 Å². The van der Waals surface area contributed by atoms with Crippen LogP contribution in [-0.2, 0) is 16.1 Å². The van der Waals surface area contributed by atoms with Gasteiger partial charge in [-0.3, -0.25) is 19.4 Å². The van der Waals surface area contributed by atoms with Gasteiger partial charge in [-0.05, 0) is 43.5 Å². The van der Waals surface area contributed by atoms with E-state index in [2.05, 4.69) is 20.4 Å². The molecule has 1 aliphatic rings. The third-order valence-corrected chi connectivity index (χ3v) is 5.89. The van der Waals surface area contributed by atoms with Crippen LogP contribution in [0.1, 0.15) is 23.6 Å². The molecular formula is C24H32N4O2. The van der Waals surface area contributed by atoms with Crippen molar-refractivity contribution in [2.45, 2.75) is 33.4 Å². The van der Waals surface area contributed by atoms with Crippen LogP contribution in [0.4, 0.5) is 5.69 Å². The number of anilines is 1. The molecule has 0 saturated carbocycles. The van der Waals surface area contributed by atoms with Crippen molar-refractivity contribution >= 4 is 17.5 Å². The summed E-state index contributed by atoms with van der Waals surface area (Å²) in [5, 5.41) is 6.04. The summed E-state index contributed by atoms with van der Waals surface area (Å²) in [5.74, 6) is 0.0470. The molecule has 0 aromatic heterocycles. The standard InChI is InChI=1S/C24H32N4O2/c1-18-8-7-11-22(19(18)2)26-23(29)17-27-12-14-28(15-13-27)20(3)24(30)25-16-21-9-5-4-6-10-21/h4-11,20H,12-17H2,1-3H3,(H,25,30)(H,26,29). The molecule has 1 saturated heterocycles. The van der Waals surface area contributed by atoms with Crippen LogP contribution < -0.4 is 10.6 Å². The first-order valence-corrected chi connectivity index (χ1v) is 10.6. The van der Waals surface area contributed by atoms with E-state index in [0.29, 0.717) is 13.1 Å². The number of amides is 2. The summed E-state index contributed by atoms with van der Waals surface area (Å²) in [4.78, 5) is 29.3. The molecule has 0 aliphatic carbocycles. The van der Waals surface area contributed by atoms with Gasteiger partial charge in [0.15, 0.2) is 0 Å². The molecule has 0 radical (unpaired) electrons. The quantitative estimate of drug-likeness (QED) is 0.739. The lowest BCUT2D eigenvalue weighted by Gasteiger charge is -2.37. The Balaban J connectivity index is 1.42. The third kappa shape index (κ3) is 5.90. The minimum atomic E-state index is -0.181. The highest BCUT2D eigenvalue weighted by Gasteiger charge is 2.26. The van der Waals surface area contributed by atoms with Crippen molar-refractivity contribution < 1.29 is 9.59 Å². The number of hydrogen-bond donors (Lipinski definition) is 2. The molecule has 0 spiro atoms. The smallest absolute Gasteiger partial charge is 0.238 e. The highest BCUT2D eigenvalue weighted by Crippen LogP contribution is 2.18. The van der Waals surface area contributed by atoms with Crippen molar-refractivity contribution in [2.75, 3.05) is 38.0 Å². The van der Waals surface area contributed by atoms with Crippen molar-refractivity contribution in [1.29, 1.82) is 0 Å². The molecule has 6 nitrogen and oxygen atoms in total. The second-order valence-corrected chi connectivity index (χ2v) is 7.99. The van der Waals surface area contributed by atoms with Gasteiger partial charge in [-0.15, -0.1) is 0 Å². The van der Waals surface area contributed by atoms with Crippen molar-refractivity contribution in [3.8, 4) is 0 Å². The maximum atomic E-state index is 12.5. The second-order valence-electron chi connectivity index (χ2n) is 7.99. The fraction of sp³-hybridized carbons (Fsp3) is 0.417. The molecule has 1 unspecified atom stereocenters. The Morgan fingerprint density at radius 1 is 0.967 bits per heavy atom. The topological polar surface area (TPSA) is 64.7 Å². The number of nitrogens with zero attached hydrogens (tertiary/aromatic N) is 2. The van der Waals surface area contributed by atoms with E-state index < -0.39 is 0 Å². The summed E-state index contributed by atoms with van der Waals surface area (Å²) in [6, 6.07) is 15.7. The fourth-order valence-corrected chi connectivity index (χ4v) is 3.69. The Bertz CT molecular complexity index is 861. The predicted octanol–water partition coefficient (Wildman–Crippen LogP) is 2.56. The predicted molar refractivity (Wildman–Crippen MR) is 120 cm³/mol. The summed E-state index contributed by atoms with van der Waals surface area (Å²) >= 11 is 0. The van der Waals surface area contributed by atoms with E-state index in [1.807, 2.05) is 69.3 Å². The van der Waals surface area contributed by atoms with Gasteiger partial charge in [-0.2, -0.15) is 0 Å². The Morgan fingerprint density at radius 3 is 2.37 bits per heavy atom. The minimum Gasteiger partial charge on any atom is -0.351 e.